The molecule has 0 aliphatic heterocycles. The molecule has 0 radical (unpaired) electrons. The number of rotatable bonds is 2. The fourth-order valence-corrected chi connectivity index (χ4v) is 2.02. The number of hydrogen-bond donors (Lipinski definition) is 0. The fraction of sp³-hybridized carbons (Fsp3) is 1.00. The topological polar surface area (TPSA) is 0 Å². The molecule has 0 spiro atoms. The van der Waals surface area contributed by atoms with Gasteiger partial charge in [0.15, 0.2) is 0 Å². The zero-order valence-corrected chi connectivity index (χ0v) is 8.39. The van der Waals surface area contributed by atoms with Crippen molar-refractivity contribution in [3.8, 4) is 0 Å². The van der Waals surface area contributed by atoms with Crippen molar-refractivity contribution in [2.75, 3.05) is 0 Å². The van der Waals surface area contributed by atoms with Crippen LogP contribution in [-0.2, 0) is 0 Å². The van der Waals surface area contributed by atoms with Crippen LogP contribution in [0.15, 0.2) is 0 Å². The maximum Gasteiger partial charge on any atom is 0.0161 e. The minimum atomic E-state index is 0.885. The summed E-state index contributed by atoms with van der Waals surface area (Å²) in [5.41, 5.74) is 0. The van der Waals surface area contributed by atoms with E-state index in [4.69, 9.17) is 0 Å². The van der Waals surface area contributed by atoms with Gasteiger partial charge < -0.3 is 0 Å². The molecule has 0 nitrogen and oxygen atoms in total. The third kappa shape index (κ3) is 1.82. The minimum Gasteiger partial charge on any atom is -0.0820 e. The molecule has 1 heteroatoms. The van der Waals surface area contributed by atoms with Gasteiger partial charge in [-0.2, -0.15) is 0 Å². The van der Waals surface area contributed by atoms with E-state index in [1.807, 2.05) is 0 Å². The molecule has 0 saturated heterocycles. The number of alkyl halides is 1. The Morgan fingerprint density at radius 3 is 2.00 bits per heavy atom. The summed E-state index contributed by atoms with van der Waals surface area (Å²) in [5, 5.41) is 0. The van der Waals surface area contributed by atoms with E-state index in [2.05, 4.69) is 36.4 Å². The summed E-state index contributed by atoms with van der Waals surface area (Å²) >= 11 is 2.61. The van der Waals surface area contributed by atoms with E-state index < -0.39 is 0 Å². The first-order chi connectivity index (χ1) is 4.22. The van der Waals surface area contributed by atoms with Crippen molar-refractivity contribution < 1.29 is 0 Å². The van der Waals surface area contributed by atoms with Gasteiger partial charge in [0.25, 0.3) is 0 Å². The lowest BCUT2D eigenvalue weighted by molar-refractivity contribution is 0.284. The molecule has 0 bridgehead atoms. The van der Waals surface area contributed by atoms with Gasteiger partial charge in [-0.05, 0) is 24.7 Å². The van der Waals surface area contributed by atoms with Gasteiger partial charge in [0, 0.05) is 3.92 Å². The van der Waals surface area contributed by atoms with Crippen LogP contribution in [0.25, 0.3) is 0 Å². The molecule has 1 fully saturated rings. The Labute approximate surface area is 71.5 Å². The molecule has 0 amide bonds. The maximum atomic E-state index is 2.61. The highest BCUT2D eigenvalue weighted by Crippen LogP contribution is 2.36. The van der Waals surface area contributed by atoms with Gasteiger partial charge in [0.05, 0.1) is 0 Å². The normalized spacial score (nSPS) is 24.0. The van der Waals surface area contributed by atoms with E-state index >= 15 is 0 Å². The van der Waals surface area contributed by atoms with E-state index in [1.54, 1.807) is 0 Å². The summed E-state index contributed by atoms with van der Waals surface area (Å²) in [5.74, 6) is 1.95. The van der Waals surface area contributed by atoms with Crippen LogP contribution >= 0.6 is 22.6 Å². The largest absolute Gasteiger partial charge is 0.0820 e. The zero-order valence-electron chi connectivity index (χ0n) is 6.23. The Kier molecular flexibility index (Phi) is 2.80. The van der Waals surface area contributed by atoms with Crippen LogP contribution < -0.4 is 0 Å². The minimum absolute atomic E-state index is 0.885. The second-order valence-corrected chi connectivity index (χ2v) is 4.82. The summed E-state index contributed by atoms with van der Waals surface area (Å²) < 4.78 is 0.941. The van der Waals surface area contributed by atoms with Crippen molar-refractivity contribution in [1.29, 1.82) is 0 Å². The van der Waals surface area contributed by atoms with E-state index in [-0.39, 0.29) is 0 Å². The first kappa shape index (κ1) is 7.83. The van der Waals surface area contributed by atoms with Crippen LogP contribution in [0.3, 0.4) is 0 Å². The van der Waals surface area contributed by atoms with E-state index in [0.717, 1.165) is 15.8 Å². The Bertz CT molecular complexity index is 84.6. The van der Waals surface area contributed by atoms with Gasteiger partial charge in [-0.3, -0.25) is 0 Å². The van der Waals surface area contributed by atoms with E-state index in [1.165, 1.54) is 19.3 Å². The van der Waals surface area contributed by atoms with Crippen molar-refractivity contribution in [1.82, 2.24) is 0 Å². The Balaban J connectivity index is 2.23. The average Bonchev–Trinajstić information content (AvgIpc) is 1.60. The summed E-state index contributed by atoms with van der Waals surface area (Å²) in [7, 11) is 0. The molecule has 1 saturated carbocycles. The molecule has 1 aliphatic rings. The van der Waals surface area contributed by atoms with Gasteiger partial charge in [-0.15, -0.1) is 0 Å². The van der Waals surface area contributed by atoms with Crippen LogP contribution in [0.5, 0.6) is 0 Å². The molecule has 0 aromatic carbocycles. The average molecular weight is 238 g/mol. The predicted molar refractivity (Wildman–Crippen MR) is 50.0 cm³/mol. The van der Waals surface area contributed by atoms with E-state index in [0.29, 0.717) is 0 Å². The lowest BCUT2D eigenvalue weighted by Gasteiger charge is -2.32. The highest BCUT2D eigenvalue weighted by molar-refractivity contribution is 14.1. The van der Waals surface area contributed by atoms with Crippen molar-refractivity contribution in [3.05, 3.63) is 0 Å². The summed E-state index contributed by atoms with van der Waals surface area (Å²) in [6.07, 6.45) is 4.47. The Morgan fingerprint density at radius 2 is 1.89 bits per heavy atom. The standard InChI is InChI=1S/C8H15I/c1-6(2)8(9)7-4-3-5-7/h6-8H,3-5H2,1-2H3. The molecule has 1 rings (SSSR count). The van der Waals surface area contributed by atoms with Crippen molar-refractivity contribution in [2.24, 2.45) is 11.8 Å². The van der Waals surface area contributed by atoms with Crippen LogP contribution in [0.2, 0.25) is 0 Å². The third-order valence-corrected chi connectivity index (χ3v) is 4.69. The first-order valence-electron chi connectivity index (χ1n) is 3.86. The molecule has 0 aromatic heterocycles. The van der Waals surface area contributed by atoms with Crippen LogP contribution in [0, 0.1) is 11.8 Å². The molecule has 0 aromatic rings. The van der Waals surface area contributed by atoms with Crippen molar-refractivity contribution >= 4 is 22.6 Å². The highest BCUT2D eigenvalue weighted by Gasteiger charge is 2.26. The third-order valence-electron chi connectivity index (χ3n) is 2.24. The molecule has 9 heavy (non-hydrogen) atoms. The van der Waals surface area contributed by atoms with Gasteiger partial charge in [-0.25, -0.2) is 0 Å². The zero-order chi connectivity index (χ0) is 6.85. The Hall–Kier alpha value is 0.730. The lowest BCUT2D eigenvalue weighted by atomic mass is 9.80. The maximum absolute atomic E-state index is 2.61. The molecular weight excluding hydrogens is 223 g/mol. The monoisotopic (exact) mass is 238 g/mol. The quantitative estimate of drug-likeness (QED) is 0.511. The number of hydrogen-bond acceptors (Lipinski definition) is 0. The fourth-order valence-electron chi connectivity index (χ4n) is 1.30. The lowest BCUT2D eigenvalue weighted by Crippen LogP contribution is -2.25. The summed E-state index contributed by atoms with van der Waals surface area (Å²) in [4.78, 5) is 0. The second-order valence-electron chi connectivity index (χ2n) is 3.38. The van der Waals surface area contributed by atoms with Gasteiger partial charge >= 0.3 is 0 Å². The first-order valence-corrected chi connectivity index (χ1v) is 5.10. The molecule has 1 unspecified atom stereocenters. The van der Waals surface area contributed by atoms with Crippen molar-refractivity contribution in [3.63, 3.8) is 0 Å². The smallest absolute Gasteiger partial charge is 0.0161 e. The summed E-state index contributed by atoms with van der Waals surface area (Å²) in [6, 6.07) is 0. The number of halogens is 1. The molecular formula is C8H15I. The second kappa shape index (κ2) is 3.22. The van der Waals surface area contributed by atoms with E-state index in [9.17, 15) is 0 Å². The van der Waals surface area contributed by atoms with Crippen LogP contribution in [0.1, 0.15) is 33.1 Å². The summed E-state index contributed by atoms with van der Waals surface area (Å²) in [6.45, 7) is 4.66. The Morgan fingerprint density at radius 1 is 1.33 bits per heavy atom. The van der Waals surface area contributed by atoms with Gasteiger partial charge in [-0.1, -0.05) is 42.9 Å². The van der Waals surface area contributed by atoms with Gasteiger partial charge in [0.1, 0.15) is 0 Å². The van der Waals surface area contributed by atoms with Gasteiger partial charge in [0.2, 0.25) is 0 Å². The van der Waals surface area contributed by atoms with Crippen LogP contribution in [0.4, 0.5) is 0 Å². The van der Waals surface area contributed by atoms with Crippen molar-refractivity contribution in [2.45, 2.75) is 37.0 Å². The van der Waals surface area contributed by atoms with Crippen LogP contribution in [-0.4, -0.2) is 3.92 Å². The predicted octanol–water partition coefficient (Wildman–Crippen LogP) is 3.25. The highest BCUT2D eigenvalue weighted by atomic mass is 127. The molecule has 1 atom stereocenters. The molecule has 54 valence electrons. The molecule has 1 aliphatic carbocycles. The SMILES string of the molecule is CC(C)C(I)C1CCC1. The molecule has 0 N–H and O–H groups in total. The molecule has 0 heterocycles.